The second kappa shape index (κ2) is 9.32. The zero-order valence-electron chi connectivity index (χ0n) is 17.5. The Hall–Kier alpha value is -2.83. The number of piperazine rings is 1. The number of aromatic nitrogens is 2. The molecule has 158 valence electrons. The fourth-order valence-corrected chi connectivity index (χ4v) is 4.08. The molecular weight excluding hydrogens is 400 g/mol. The van der Waals surface area contributed by atoms with Gasteiger partial charge in [0.05, 0.1) is 18.7 Å². The van der Waals surface area contributed by atoms with Gasteiger partial charge in [-0.25, -0.2) is 0 Å². The van der Waals surface area contributed by atoms with E-state index in [0.29, 0.717) is 6.54 Å². The number of halogens is 1. The van der Waals surface area contributed by atoms with Gasteiger partial charge in [0.1, 0.15) is 5.75 Å². The van der Waals surface area contributed by atoms with Crippen molar-refractivity contribution < 1.29 is 9.53 Å². The smallest absolute Gasteiger partial charge is 0.256 e. The lowest BCUT2D eigenvalue weighted by molar-refractivity contribution is 0.0633. The molecule has 1 N–H and O–H groups in total. The van der Waals surface area contributed by atoms with Crippen molar-refractivity contribution in [3.8, 4) is 11.4 Å². The second-order valence-corrected chi connectivity index (χ2v) is 7.32. The Bertz CT molecular complexity index is 1000. The monoisotopic (exact) mass is 426 g/mol. The fourth-order valence-electron chi connectivity index (χ4n) is 4.08. The lowest BCUT2D eigenvalue weighted by Crippen LogP contribution is -2.48. The first-order chi connectivity index (χ1) is 14.1. The Morgan fingerprint density at radius 3 is 2.63 bits per heavy atom. The zero-order valence-corrected chi connectivity index (χ0v) is 18.3. The predicted molar refractivity (Wildman–Crippen MR) is 120 cm³/mol. The summed E-state index contributed by atoms with van der Waals surface area (Å²) in [6.45, 7) is 6.23. The Balaban J connectivity index is 0.00000256. The molecule has 1 amide bonds. The number of pyridine rings is 1. The third-order valence-corrected chi connectivity index (χ3v) is 5.57. The number of rotatable bonds is 4. The molecule has 0 bridgehead atoms. The van der Waals surface area contributed by atoms with E-state index in [1.807, 2.05) is 67.4 Å². The van der Waals surface area contributed by atoms with Crippen LogP contribution in [0.2, 0.25) is 0 Å². The molecular formula is C23H27ClN4O2. The molecule has 0 saturated carbocycles. The number of methoxy groups -OCH3 is 1. The molecule has 3 aromatic rings. The molecule has 7 heteroatoms. The van der Waals surface area contributed by atoms with Crippen LogP contribution in [0.5, 0.6) is 5.75 Å². The summed E-state index contributed by atoms with van der Waals surface area (Å²) in [5, 5.41) is 3.40. The number of amides is 1. The van der Waals surface area contributed by atoms with E-state index < -0.39 is 0 Å². The summed E-state index contributed by atoms with van der Waals surface area (Å²) >= 11 is 0. The molecule has 0 spiro atoms. The number of carbonyl (C=O) groups is 1. The number of nitrogens with zero attached hydrogens (tertiary/aromatic N) is 3. The van der Waals surface area contributed by atoms with Gasteiger partial charge in [0.15, 0.2) is 0 Å². The van der Waals surface area contributed by atoms with Gasteiger partial charge in [-0.1, -0.05) is 6.07 Å². The minimum absolute atomic E-state index is 0. The van der Waals surface area contributed by atoms with E-state index in [2.05, 4.69) is 14.9 Å². The van der Waals surface area contributed by atoms with Gasteiger partial charge in [-0.2, -0.15) is 0 Å². The summed E-state index contributed by atoms with van der Waals surface area (Å²) < 4.78 is 7.38. The Morgan fingerprint density at radius 2 is 1.97 bits per heavy atom. The number of hydrogen-bond acceptors (Lipinski definition) is 4. The highest BCUT2D eigenvalue weighted by Gasteiger charge is 2.30. The summed E-state index contributed by atoms with van der Waals surface area (Å²) in [4.78, 5) is 19.7. The summed E-state index contributed by atoms with van der Waals surface area (Å²) in [5.41, 5.74) is 4.79. The van der Waals surface area contributed by atoms with Crippen LogP contribution < -0.4 is 10.1 Å². The van der Waals surface area contributed by atoms with E-state index in [9.17, 15) is 4.79 Å². The molecule has 1 unspecified atom stereocenters. The Morgan fingerprint density at radius 1 is 1.20 bits per heavy atom. The number of benzene rings is 1. The fraction of sp³-hybridized carbons (Fsp3) is 0.304. The lowest BCUT2D eigenvalue weighted by atomic mass is 10.0. The lowest BCUT2D eigenvalue weighted by Gasteiger charge is -2.36. The van der Waals surface area contributed by atoms with Gasteiger partial charge < -0.3 is 19.5 Å². The molecule has 1 atom stereocenters. The molecule has 30 heavy (non-hydrogen) atoms. The number of ether oxygens (including phenoxy) is 1. The van der Waals surface area contributed by atoms with Crippen LogP contribution in [0.25, 0.3) is 5.69 Å². The average molecular weight is 427 g/mol. The molecule has 3 heterocycles. The molecule has 1 aliphatic heterocycles. The van der Waals surface area contributed by atoms with Crippen LogP contribution in [0.1, 0.15) is 33.4 Å². The number of nitrogens with one attached hydrogen (secondary N) is 1. The van der Waals surface area contributed by atoms with E-state index in [1.54, 1.807) is 13.3 Å². The topological polar surface area (TPSA) is 59.4 Å². The normalized spacial score (nSPS) is 16.1. The third-order valence-electron chi connectivity index (χ3n) is 5.57. The van der Waals surface area contributed by atoms with Crippen molar-refractivity contribution in [1.82, 2.24) is 19.8 Å². The second-order valence-electron chi connectivity index (χ2n) is 7.32. The van der Waals surface area contributed by atoms with Crippen LogP contribution in [0.15, 0.2) is 54.9 Å². The third kappa shape index (κ3) is 4.06. The molecule has 1 saturated heterocycles. The van der Waals surface area contributed by atoms with Gasteiger partial charge in [0.2, 0.25) is 0 Å². The first-order valence-electron chi connectivity index (χ1n) is 9.85. The van der Waals surface area contributed by atoms with Gasteiger partial charge in [-0.15, -0.1) is 12.4 Å². The van der Waals surface area contributed by atoms with Crippen molar-refractivity contribution in [3.63, 3.8) is 0 Å². The van der Waals surface area contributed by atoms with Crippen molar-refractivity contribution in [2.24, 2.45) is 0 Å². The summed E-state index contributed by atoms with van der Waals surface area (Å²) in [6.07, 6.45) is 3.60. The van der Waals surface area contributed by atoms with Crippen molar-refractivity contribution >= 4 is 18.3 Å². The maximum Gasteiger partial charge on any atom is 0.256 e. The first kappa shape index (κ1) is 21.9. The average Bonchev–Trinajstić information content (AvgIpc) is 3.08. The van der Waals surface area contributed by atoms with E-state index in [0.717, 1.165) is 47.0 Å². The number of carbonyl (C=O) groups excluding carboxylic acids is 1. The molecule has 4 rings (SSSR count). The summed E-state index contributed by atoms with van der Waals surface area (Å²) in [6, 6.07) is 13.8. The molecule has 1 aromatic carbocycles. The molecule has 2 aromatic heterocycles. The number of aryl methyl sites for hydroxylation is 1. The van der Waals surface area contributed by atoms with Crippen LogP contribution in [-0.4, -0.2) is 47.1 Å². The van der Waals surface area contributed by atoms with Gasteiger partial charge in [-0.3, -0.25) is 9.78 Å². The van der Waals surface area contributed by atoms with Crippen LogP contribution in [0.3, 0.4) is 0 Å². The zero-order chi connectivity index (χ0) is 20.4. The van der Waals surface area contributed by atoms with E-state index in [4.69, 9.17) is 4.74 Å². The van der Waals surface area contributed by atoms with Crippen molar-refractivity contribution in [3.05, 3.63) is 77.4 Å². The highest BCUT2D eigenvalue weighted by atomic mass is 35.5. The van der Waals surface area contributed by atoms with E-state index in [-0.39, 0.29) is 24.4 Å². The molecule has 1 aliphatic rings. The Kier molecular flexibility index (Phi) is 6.80. The van der Waals surface area contributed by atoms with Gasteiger partial charge in [0, 0.05) is 49.1 Å². The number of hydrogen-bond donors (Lipinski definition) is 1. The molecule has 1 fully saturated rings. The summed E-state index contributed by atoms with van der Waals surface area (Å²) in [7, 11) is 1.66. The first-order valence-corrected chi connectivity index (χ1v) is 9.85. The van der Waals surface area contributed by atoms with Crippen LogP contribution >= 0.6 is 12.4 Å². The highest BCUT2D eigenvalue weighted by Crippen LogP contribution is 2.28. The van der Waals surface area contributed by atoms with Crippen molar-refractivity contribution in [2.45, 2.75) is 19.9 Å². The van der Waals surface area contributed by atoms with Gasteiger partial charge in [-0.05, 0) is 55.8 Å². The maximum absolute atomic E-state index is 13.5. The minimum Gasteiger partial charge on any atom is -0.497 e. The summed E-state index contributed by atoms with van der Waals surface area (Å²) in [5.74, 6) is 0.876. The quantitative estimate of drug-likeness (QED) is 0.691. The van der Waals surface area contributed by atoms with Gasteiger partial charge >= 0.3 is 0 Å². The van der Waals surface area contributed by atoms with E-state index >= 15 is 0 Å². The van der Waals surface area contributed by atoms with Gasteiger partial charge in [0.25, 0.3) is 5.91 Å². The highest BCUT2D eigenvalue weighted by molar-refractivity contribution is 5.96. The maximum atomic E-state index is 13.5. The molecule has 0 aliphatic carbocycles. The SMILES string of the molecule is COc1ccc(-n2c(C)cc(C(=O)N3CCNCC3c3cccnc3)c2C)cc1.Cl. The van der Waals surface area contributed by atoms with Crippen LogP contribution in [0, 0.1) is 13.8 Å². The van der Waals surface area contributed by atoms with E-state index in [1.165, 1.54) is 0 Å². The van der Waals surface area contributed by atoms with Crippen molar-refractivity contribution in [1.29, 1.82) is 0 Å². The Labute approximate surface area is 183 Å². The molecule has 6 nitrogen and oxygen atoms in total. The van der Waals surface area contributed by atoms with Crippen LogP contribution in [-0.2, 0) is 0 Å². The predicted octanol–water partition coefficient (Wildman–Crippen LogP) is 3.71. The largest absolute Gasteiger partial charge is 0.497 e. The van der Waals surface area contributed by atoms with Crippen molar-refractivity contribution in [2.75, 3.05) is 26.7 Å². The van der Waals surface area contributed by atoms with Crippen LogP contribution in [0.4, 0.5) is 0 Å². The standard InChI is InChI=1S/C23H26N4O2.ClH/c1-16-13-21(17(2)27(16)19-6-8-20(29-3)9-7-19)23(28)26-12-11-25-15-22(26)18-5-4-10-24-14-18;/h4-10,13-14,22,25H,11-12,15H2,1-3H3;1H. The minimum atomic E-state index is -0.0195. The molecule has 0 radical (unpaired) electrons.